The Labute approximate surface area is 102 Å². The Kier molecular flexibility index (Phi) is 3.40. The maximum atomic E-state index is 5.64. The van der Waals surface area contributed by atoms with E-state index in [0.29, 0.717) is 6.54 Å². The Morgan fingerprint density at radius 3 is 2.76 bits per heavy atom. The van der Waals surface area contributed by atoms with Crippen LogP contribution in [0.5, 0.6) is 0 Å². The third kappa shape index (κ3) is 2.63. The average Bonchev–Trinajstić information content (AvgIpc) is 2.38. The van der Waals surface area contributed by atoms with Crippen LogP contribution in [0.2, 0.25) is 0 Å². The second-order valence-electron chi connectivity index (χ2n) is 4.12. The molecule has 0 fully saturated rings. The minimum Gasteiger partial charge on any atom is -0.329 e. The summed E-state index contributed by atoms with van der Waals surface area (Å²) < 4.78 is 0. The van der Waals surface area contributed by atoms with E-state index in [0.717, 1.165) is 17.1 Å². The zero-order chi connectivity index (χ0) is 12.3. The summed E-state index contributed by atoms with van der Waals surface area (Å²) in [6.45, 7) is 2.62. The van der Waals surface area contributed by atoms with E-state index in [1.807, 2.05) is 25.2 Å². The Hall–Kier alpha value is -1.87. The highest BCUT2D eigenvalue weighted by Gasteiger charge is 2.05. The number of nitrogens with two attached hydrogens (primary N) is 1. The van der Waals surface area contributed by atoms with Crippen molar-refractivity contribution in [1.82, 2.24) is 4.98 Å². The highest BCUT2D eigenvalue weighted by atomic mass is 15.2. The maximum absolute atomic E-state index is 5.64. The lowest BCUT2D eigenvalue weighted by Crippen LogP contribution is -2.12. The van der Waals surface area contributed by atoms with Crippen LogP contribution in [0, 0.1) is 6.92 Å². The smallest absolute Gasteiger partial charge is 0.132 e. The third-order valence-electron chi connectivity index (χ3n) is 2.78. The van der Waals surface area contributed by atoms with Crippen LogP contribution < -0.4 is 10.6 Å². The van der Waals surface area contributed by atoms with Crippen LogP contribution in [0.25, 0.3) is 0 Å². The predicted octanol–water partition coefficient (Wildman–Crippen LogP) is 2.62. The second kappa shape index (κ2) is 4.97. The molecule has 0 aliphatic heterocycles. The van der Waals surface area contributed by atoms with Gasteiger partial charge in [0, 0.05) is 25.5 Å². The standard InChI is InChI=1S/C14H17N3/c1-11-4-3-5-13(8-11)17(2)14-9-12(10-15)6-7-16-14/h3-9H,10,15H2,1-2H3. The Bertz CT molecular complexity index is 508. The van der Waals surface area contributed by atoms with Gasteiger partial charge in [-0.25, -0.2) is 4.98 Å². The summed E-state index contributed by atoms with van der Waals surface area (Å²) in [7, 11) is 2.01. The first-order valence-corrected chi connectivity index (χ1v) is 5.66. The summed E-state index contributed by atoms with van der Waals surface area (Å²) in [6, 6.07) is 12.3. The van der Waals surface area contributed by atoms with Crippen molar-refractivity contribution in [3.05, 3.63) is 53.7 Å². The molecule has 88 valence electrons. The molecule has 17 heavy (non-hydrogen) atoms. The molecule has 0 saturated heterocycles. The molecule has 2 N–H and O–H groups in total. The van der Waals surface area contributed by atoms with Crippen molar-refractivity contribution >= 4 is 11.5 Å². The molecule has 0 saturated carbocycles. The van der Waals surface area contributed by atoms with Gasteiger partial charge in [-0.2, -0.15) is 0 Å². The lowest BCUT2D eigenvalue weighted by Gasteiger charge is -2.19. The summed E-state index contributed by atoms with van der Waals surface area (Å²) in [5.74, 6) is 0.915. The predicted molar refractivity (Wildman–Crippen MR) is 71.4 cm³/mol. The number of pyridine rings is 1. The highest BCUT2D eigenvalue weighted by molar-refractivity contribution is 5.60. The van der Waals surface area contributed by atoms with Crippen molar-refractivity contribution in [3.63, 3.8) is 0 Å². The van der Waals surface area contributed by atoms with E-state index < -0.39 is 0 Å². The minimum atomic E-state index is 0.539. The van der Waals surface area contributed by atoms with E-state index in [-0.39, 0.29) is 0 Å². The van der Waals surface area contributed by atoms with Crippen LogP contribution in [-0.4, -0.2) is 12.0 Å². The number of anilines is 2. The first kappa shape index (κ1) is 11.6. The van der Waals surface area contributed by atoms with Gasteiger partial charge < -0.3 is 10.6 Å². The molecule has 0 aliphatic rings. The fourth-order valence-electron chi connectivity index (χ4n) is 1.74. The van der Waals surface area contributed by atoms with E-state index in [1.165, 1.54) is 5.56 Å². The van der Waals surface area contributed by atoms with Crippen LogP contribution in [0.1, 0.15) is 11.1 Å². The average molecular weight is 227 g/mol. The van der Waals surface area contributed by atoms with E-state index in [1.54, 1.807) is 6.20 Å². The largest absolute Gasteiger partial charge is 0.329 e. The normalized spacial score (nSPS) is 10.3. The molecule has 0 aliphatic carbocycles. The molecule has 3 heteroatoms. The summed E-state index contributed by atoms with van der Waals surface area (Å²) >= 11 is 0. The second-order valence-corrected chi connectivity index (χ2v) is 4.12. The van der Waals surface area contributed by atoms with Crippen LogP contribution >= 0.6 is 0 Å². The lowest BCUT2D eigenvalue weighted by atomic mass is 10.2. The molecular formula is C14H17N3. The van der Waals surface area contributed by atoms with Gasteiger partial charge in [0.2, 0.25) is 0 Å². The van der Waals surface area contributed by atoms with Crippen molar-refractivity contribution in [3.8, 4) is 0 Å². The number of benzene rings is 1. The van der Waals surface area contributed by atoms with Crippen molar-refractivity contribution in [1.29, 1.82) is 0 Å². The summed E-state index contributed by atoms with van der Waals surface area (Å²) in [5.41, 5.74) is 9.10. The van der Waals surface area contributed by atoms with Crippen molar-refractivity contribution in [2.75, 3.05) is 11.9 Å². The van der Waals surface area contributed by atoms with Crippen LogP contribution in [0.15, 0.2) is 42.6 Å². The Morgan fingerprint density at radius 1 is 1.24 bits per heavy atom. The number of hydrogen-bond acceptors (Lipinski definition) is 3. The topological polar surface area (TPSA) is 42.1 Å². The molecule has 0 radical (unpaired) electrons. The van der Waals surface area contributed by atoms with Crippen LogP contribution in [0.3, 0.4) is 0 Å². The van der Waals surface area contributed by atoms with Gasteiger partial charge in [0.25, 0.3) is 0 Å². The van der Waals surface area contributed by atoms with Gasteiger partial charge >= 0.3 is 0 Å². The zero-order valence-electron chi connectivity index (χ0n) is 10.2. The first-order chi connectivity index (χ1) is 8.20. The van der Waals surface area contributed by atoms with Gasteiger partial charge in [0.05, 0.1) is 0 Å². The van der Waals surface area contributed by atoms with Crippen LogP contribution in [-0.2, 0) is 6.54 Å². The van der Waals surface area contributed by atoms with Gasteiger partial charge in [0.15, 0.2) is 0 Å². The Morgan fingerprint density at radius 2 is 2.06 bits per heavy atom. The van der Waals surface area contributed by atoms with Crippen molar-refractivity contribution < 1.29 is 0 Å². The molecule has 2 rings (SSSR count). The van der Waals surface area contributed by atoms with Gasteiger partial charge in [-0.05, 0) is 42.3 Å². The number of nitrogens with zero attached hydrogens (tertiary/aromatic N) is 2. The van der Waals surface area contributed by atoms with E-state index in [9.17, 15) is 0 Å². The quantitative estimate of drug-likeness (QED) is 0.876. The number of aryl methyl sites for hydroxylation is 1. The van der Waals surface area contributed by atoms with Gasteiger partial charge in [-0.15, -0.1) is 0 Å². The number of aromatic nitrogens is 1. The molecule has 1 aromatic heterocycles. The summed E-state index contributed by atoms with van der Waals surface area (Å²) in [4.78, 5) is 6.43. The summed E-state index contributed by atoms with van der Waals surface area (Å²) in [6.07, 6.45) is 1.80. The Balaban J connectivity index is 2.33. The molecule has 1 heterocycles. The fraction of sp³-hybridized carbons (Fsp3) is 0.214. The van der Waals surface area contributed by atoms with Crippen LogP contribution in [0.4, 0.5) is 11.5 Å². The van der Waals surface area contributed by atoms with E-state index in [4.69, 9.17) is 5.73 Å². The SMILES string of the molecule is Cc1cccc(N(C)c2cc(CN)ccn2)c1. The van der Waals surface area contributed by atoms with Gasteiger partial charge in [-0.1, -0.05) is 12.1 Å². The molecule has 0 spiro atoms. The molecular weight excluding hydrogens is 210 g/mol. The first-order valence-electron chi connectivity index (χ1n) is 5.66. The highest BCUT2D eigenvalue weighted by Crippen LogP contribution is 2.22. The van der Waals surface area contributed by atoms with Crippen molar-refractivity contribution in [2.24, 2.45) is 5.73 Å². The third-order valence-corrected chi connectivity index (χ3v) is 2.78. The number of rotatable bonds is 3. The summed E-state index contributed by atoms with van der Waals surface area (Å²) in [5, 5.41) is 0. The van der Waals surface area contributed by atoms with Crippen molar-refractivity contribution in [2.45, 2.75) is 13.5 Å². The molecule has 0 bridgehead atoms. The monoisotopic (exact) mass is 227 g/mol. The lowest BCUT2D eigenvalue weighted by molar-refractivity contribution is 1.04. The van der Waals surface area contributed by atoms with E-state index >= 15 is 0 Å². The molecule has 0 unspecified atom stereocenters. The molecule has 3 nitrogen and oxygen atoms in total. The number of hydrogen-bond donors (Lipinski definition) is 1. The minimum absolute atomic E-state index is 0.539. The zero-order valence-corrected chi connectivity index (χ0v) is 10.2. The fourth-order valence-corrected chi connectivity index (χ4v) is 1.74. The molecule has 2 aromatic rings. The maximum Gasteiger partial charge on any atom is 0.132 e. The van der Waals surface area contributed by atoms with Gasteiger partial charge in [0.1, 0.15) is 5.82 Å². The molecule has 0 atom stereocenters. The molecule has 0 amide bonds. The van der Waals surface area contributed by atoms with E-state index in [2.05, 4.69) is 35.0 Å². The molecule has 1 aromatic carbocycles. The van der Waals surface area contributed by atoms with Gasteiger partial charge in [-0.3, -0.25) is 0 Å².